The number of hydrogen-bond acceptors (Lipinski definition) is 10. The molecule has 10 nitrogen and oxygen atoms in total. The van der Waals surface area contributed by atoms with E-state index in [0.717, 1.165) is 16.2 Å². The summed E-state index contributed by atoms with van der Waals surface area (Å²) in [6, 6.07) is 17.9. The molecule has 1 aliphatic rings. The maximum atomic E-state index is 12.9. The third-order valence-corrected chi connectivity index (χ3v) is 8.79. The van der Waals surface area contributed by atoms with Gasteiger partial charge in [-0.15, -0.1) is 0 Å². The van der Waals surface area contributed by atoms with E-state index in [1.807, 2.05) is 43.3 Å². The van der Waals surface area contributed by atoms with E-state index in [-0.39, 0.29) is 16.7 Å². The van der Waals surface area contributed by atoms with E-state index >= 15 is 0 Å². The molecule has 0 amide bonds. The van der Waals surface area contributed by atoms with Gasteiger partial charge in [0.15, 0.2) is 32.4 Å². The Balaban J connectivity index is 1.44. The second-order valence-electron chi connectivity index (χ2n) is 9.21. The van der Waals surface area contributed by atoms with Crippen molar-refractivity contribution in [1.29, 1.82) is 0 Å². The van der Waals surface area contributed by atoms with Gasteiger partial charge >= 0.3 is 0 Å². The van der Waals surface area contributed by atoms with Crippen molar-refractivity contribution >= 4 is 39.1 Å². The van der Waals surface area contributed by atoms with Crippen molar-refractivity contribution in [2.24, 2.45) is 0 Å². The van der Waals surface area contributed by atoms with Crippen molar-refractivity contribution < 1.29 is 17.9 Å². The first-order valence-corrected chi connectivity index (χ1v) is 14.9. The molecule has 39 heavy (non-hydrogen) atoms. The molecule has 204 valence electrons. The van der Waals surface area contributed by atoms with Crippen LogP contribution < -0.4 is 15.0 Å². The van der Waals surface area contributed by atoms with E-state index in [4.69, 9.17) is 19.4 Å². The summed E-state index contributed by atoms with van der Waals surface area (Å²) in [5, 5.41) is 10.9. The highest BCUT2D eigenvalue weighted by atomic mass is 32.2. The number of aryl methyl sites for hydroxylation is 1. The number of H-pyrrole nitrogens is 1. The Bertz CT molecular complexity index is 1530. The predicted octanol–water partition coefficient (Wildman–Crippen LogP) is 4.61. The van der Waals surface area contributed by atoms with Crippen LogP contribution in [0.4, 0.5) is 17.5 Å². The predicted molar refractivity (Wildman–Crippen MR) is 151 cm³/mol. The number of aromatic nitrogens is 4. The second kappa shape index (κ2) is 11.6. The summed E-state index contributed by atoms with van der Waals surface area (Å²) in [5.41, 5.74) is 1.66. The van der Waals surface area contributed by atoms with E-state index in [2.05, 4.69) is 27.3 Å². The molecular weight excluding hydrogens is 536 g/mol. The molecule has 1 fully saturated rings. The molecule has 0 radical (unpaired) electrons. The number of aromatic amines is 1. The van der Waals surface area contributed by atoms with Gasteiger partial charge in [0.1, 0.15) is 0 Å². The molecule has 1 aliphatic heterocycles. The maximum Gasteiger partial charge on any atom is 0.204 e. The summed E-state index contributed by atoms with van der Waals surface area (Å²) in [7, 11) is -1.88. The zero-order valence-corrected chi connectivity index (χ0v) is 23.6. The van der Waals surface area contributed by atoms with Crippen molar-refractivity contribution in [3.63, 3.8) is 0 Å². The minimum Gasteiger partial charge on any atom is -0.490 e. The number of hydrogen-bond donors (Lipinski definition) is 2. The van der Waals surface area contributed by atoms with Crippen LogP contribution in [0.3, 0.4) is 0 Å². The van der Waals surface area contributed by atoms with E-state index in [1.54, 1.807) is 31.4 Å². The summed E-state index contributed by atoms with van der Waals surface area (Å²) in [4.78, 5) is 12.8. The van der Waals surface area contributed by atoms with Crippen molar-refractivity contribution in [2.75, 3.05) is 37.1 Å². The number of methoxy groups -OCH3 is 1. The van der Waals surface area contributed by atoms with Gasteiger partial charge in [0.25, 0.3) is 0 Å². The number of nitrogens with zero attached hydrogens (tertiary/aromatic N) is 4. The number of ether oxygens (including phenoxy) is 2. The van der Waals surface area contributed by atoms with E-state index in [1.165, 1.54) is 11.8 Å². The molecule has 0 unspecified atom stereocenters. The summed E-state index contributed by atoms with van der Waals surface area (Å²) < 4.78 is 37.3. The normalized spacial score (nSPS) is 15.8. The van der Waals surface area contributed by atoms with Crippen LogP contribution in [-0.2, 0) is 20.3 Å². The lowest BCUT2D eigenvalue weighted by molar-refractivity contribution is 0.0981. The lowest BCUT2D eigenvalue weighted by Gasteiger charge is -2.35. The molecule has 0 spiro atoms. The fourth-order valence-corrected chi connectivity index (χ4v) is 6.37. The van der Waals surface area contributed by atoms with Crippen molar-refractivity contribution in [3.8, 4) is 5.75 Å². The number of rotatable bonds is 9. The Kier molecular flexibility index (Phi) is 8.05. The van der Waals surface area contributed by atoms with Crippen LogP contribution in [-0.4, -0.2) is 61.5 Å². The Hall–Kier alpha value is -3.61. The number of morpholine rings is 1. The third-order valence-electron chi connectivity index (χ3n) is 6.21. The Labute approximate surface area is 232 Å². The zero-order valence-electron chi connectivity index (χ0n) is 21.9. The highest BCUT2D eigenvalue weighted by Crippen LogP contribution is 2.39. The SMILES string of the molecule is COc1c(Nc2cc(C)[nH]n2)nc(Sc2ccc(S(=O)(=O)Cc3ccccc3)cc2)nc1N1CCOC[C@H]1C. The smallest absolute Gasteiger partial charge is 0.204 e. The number of anilines is 3. The van der Waals surface area contributed by atoms with Crippen molar-refractivity contribution in [2.45, 2.75) is 40.6 Å². The lowest BCUT2D eigenvalue weighted by atomic mass is 10.2. The third kappa shape index (κ3) is 6.35. The van der Waals surface area contributed by atoms with E-state index < -0.39 is 9.84 Å². The average molecular weight is 567 g/mol. The molecule has 12 heteroatoms. The standard InChI is InChI=1S/C27H30N6O4S2/c1-18-15-23(32-31-18)28-25-24(36-3)26(33-13-14-37-16-19(33)2)30-27(29-25)38-21-9-11-22(12-10-21)39(34,35)17-20-7-5-4-6-8-20/h4-12,15,19H,13-14,16-17H2,1-3H3,(H2,28,29,30,31,32)/t19-/m1/s1. The molecular formula is C27H30N6O4S2. The fraction of sp³-hybridized carbons (Fsp3) is 0.296. The van der Waals surface area contributed by atoms with Crippen LogP contribution in [0.15, 0.2) is 75.6 Å². The molecule has 0 aliphatic carbocycles. The first kappa shape index (κ1) is 27.0. The number of sulfone groups is 1. The largest absolute Gasteiger partial charge is 0.490 e. The summed E-state index contributed by atoms with van der Waals surface area (Å²) in [6.45, 7) is 5.82. The topological polar surface area (TPSA) is 122 Å². The van der Waals surface area contributed by atoms with Crippen LogP contribution >= 0.6 is 11.8 Å². The summed E-state index contributed by atoms with van der Waals surface area (Å²) in [6.07, 6.45) is 0. The van der Waals surface area contributed by atoms with Crippen molar-refractivity contribution in [1.82, 2.24) is 20.2 Å². The van der Waals surface area contributed by atoms with Crippen LogP contribution in [0.2, 0.25) is 0 Å². The molecule has 4 aromatic rings. The molecule has 5 rings (SSSR count). The Morgan fingerprint density at radius 2 is 1.92 bits per heavy atom. The monoisotopic (exact) mass is 566 g/mol. The molecule has 1 atom stereocenters. The molecule has 2 N–H and O–H groups in total. The van der Waals surface area contributed by atoms with Crippen molar-refractivity contribution in [3.05, 3.63) is 71.9 Å². The quantitative estimate of drug-likeness (QED) is 0.278. The van der Waals surface area contributed by atoms with Gasteiger partial charge in [-0.3, -0.25) is 5.10 Å². The first-order valence-electron chi connectivity index (χ1n) is 12.5. The highest BCUT2D eigenvalue weighted by molar-refractivity contribution is 7.99. The summed E-state index contributed by atoms with van der Waals surface area (Å²) in [5.74, 6) is 2.20. The number of benzene rings is 2. The Morgan fingerprint density at radius 1 is 1.15 bits per heavy atom. The molecule has 3 heterocycles. The van der Waals surface area contributed by atoms with Gasteiger partial charge < -0.3 is 19.7 Å². The van der Waals surface area contributed by atoms with Crippen LogP contribution in [0, 0.1) is 6.92 Å². The van der Waals surface area contributed by atoms with Crippen LogP contribution in [0.1, 0.15) is 18.2 Å². The summed E-state index contributed by atoms with van der Waals surface area (Å²) >= 11 is 1.34. The first-order chi connectivity index (χ1) is 18.8. The minimum absolute atomic E-state index is 0.0509. The van der Waals surface area contributed by atoms with Crippen LogP contribution in [0.25, 0.3) is 0 Å². The minimum atomic E-state index is -3.47. The number of nitrogens with one attached hydrogen (secondary N) is 2. The Morgan fingerprint density at radius 3 is 2.59 bits per heavy atom. The molecule has 2 aromatic carbocycles. The van der Waals surface area contributed by atoms with Gasteiger partial charge in [-0.25, -0.2) is 18.4 Å². The lowest BCUT2D eigenvalue weighted by Crippen LogP contribution is -2.44. The average Bonchev–Trinajstić information content (AvgIpc) is 3.33. The van der Waals surface area contributed by atoms with Gasteiger partial charge in [-0.1, -0.05) is 30.3 Å². The van der Waals surface area contributed by atoms with Gasteiger partial charge in [0, 0.05) is 23.2 Å². The van der Waals surface area contributed by atoms with Gasteiger partial charge in [0.05, 0.1) is 37.0 Å². The zero-order chi connectivity index (χ0) is 27.4. The van der Waals surface area contributed by atoms with Gasteiger partial charge in [-0.2, -0.15) is 5.10 Å². The molecule has 0 bridgehead atoms. The highest BCUT2D eigenvalue weighted by Gasteiger charge is 2.27. The van der Waals surface area contributed by atoms with Crippen LogP contribution in [0.5, 0.6) is 5.75 Å². The van der Waals surface area contributed by atoms with Gasteiger partial charge in [0.2, 0.25) is 5.75 Å². The van der Waals surface area contributed by atoms with Gasteiger partial charge in [-0.05, 0) is 55.4 Å². The second-order valence-corrected chi connectivity index (χ2v) is 12.2. The molecule has 0 saturated carbocycles. The molecule has 1 saturated heterocycles. The van der Waals surface area contributed by atoms with E-state index in [9.17, 15) is 8.42 Å². The maximum absolute atomic E-state index is 12.9. The fourth-order valence-electron chi connectivity index (χ4n) is 4.27. The van der Waals surface area contributed by atoms with E-state index in [0.29, 0.717) is 48.1 Å². The molecule has 2 aromatic heterocycles.